The molecule has 3 aromatic rings. The molecule has 0 atom stereocenters. The van der Waals surface area contributed by atoms with Crippen LogP contribution in [0.2, 0.25) is 5.02 Å². The summed E-state index contributed by atoms with van der Waals surface area (Å²) >= 11 is 6.04. The van der Waals surface area contributed by atoms with Gasteiger partial charge in [0.05, 0.1) is 6.61 Å². The Labute approximate surface area is 115 Å². The molecule has 0 N–H and O–H groups in total. The molecule has 0 fully saturated rings. The molecule has 0 unspecified atom stereocenters. The highest BCUT2D eigenvalue weighted by atomic mass is 35.5. The minimum atomic E-state index is 0.579. The second-order valence-corrected chi connectivity index (χ2v) is 4.46. The van der Waals surface area contributed by atoms with Crippen LogP contribution in [0.4, 0.5) is 0 Å². The molecule has 0 aliphatic carbocycles. The van der Waals surface area contributed by atoms with E-state index in [1.54, 1.807) is 16.9 Å². The first-order valence-corrected chi connectivity index (χ1v) is 6.40. The Hall–Kier alpha value is -2.07. The molecule has 3 rings (SSSR count). The maximum Gasteiger partial charge on any atom is 0.146 e. The number of halogens is 1. The highest BCUT2D eigenvalue weighted by Crippen LogP contribution is 2.26. The third-order valence-corrected chi connectivity index (χ3v) is 2.96. The molecule has 0 aliphatic rings. The first kappa shape index (κ1) is 12.0. The second kappa shape index (κ2) is 4.90. The van der Waals surface area contributed by atoms with Gasteiger partial charge in [0.25, 0.3) is 0 Å². The summed E-state index contributed by atoms with van der Waals surface area (Å²) in [5.74, 6) is 0.715. The zero-order valence-corrected chi connectivity index (χ0v) is 11.1. The predicted octanol–water partition coefficient (Wildman–Crippen LogP) is 3.47. The van der Waals surface area contributed by atoms with Crippen molar-refractivity contribution in [2.45, 2.75) is 6.92 Å². The van der Waals surface area contributed by atoms with Crippen molar-refractivity contribution in [2.24, 2.45) is 0 Å². The molecular formula is C14H12ClN3O. The van der Waals surface area contributed by atoms with Gasteiger partial charge in [0.15, 0.2) is 0 Å². The molecule has 1 heterocycles. The van der Waals surface area contributed by atoms with E-state index in [2.05, 4.69) is 10.2 Å². The van der Waals surface area contributed by atoms with Gasteiger partial charge in [0, 0.05) is 5.02 Å². The molecule has 0 spiro atoms. The van der Waals surface area contributed by atoms with Crippen molar-refractivity contribution < 1.29 is 4.74 Å². The molecule has 4 nitrogen and oxygen atoms in total. The van der Waals surface area contributed by atoms with Crippen LogP contribution in [0.1, 0.15) is 6.92 Å². The van der Waals surface area contributed by atoms with E-state index in [-0.39, 0.29) is 0 Å². The fourth-order valence-electron chi connectivity index (χ4n) is 1.89. The van der Waals surface area contributed by atoms with Crippen LogP contribution in [0, 0.1) is 0 Å². The highest BCUT2D eigenvalue weighted by molar-refractivity contribution is 6.30. The van der Waals surface area contributed by atoms with E-state index in [9.17, 15) is 0 Å². The van der Waals surface area contributed by atoms with Crippen molar-refractivity contribution >= 4 is 22.6 Å². The Kier molecular flexibility index (Phi) is 3.09. The SMILES string of the molecule is CCOc1ccc(Cl)cc1-n1nc2ccccc2n1. The van der Waals surface area contributed by atoms with Crippen LogP contribution in [0.15, 0.2) is 42.5 Å². The van der Waals surface area contributed by atoms with Crippen LogP contribution in [0.5, 0.6) is 5.75 Å². The molecule has 0 radical (unpaired) electrons. The molecule has 0 bridgehead atoms. The van der Waals surface area contributed by atoms with E-state index in [1.165, 1.54) is 0 Å². The molecule has 0 saturated carbocycles. The van der Waals surface area contributed by atoms with Crippen LogP contribution in [-0.4, -0.2) is 21.6 Å². The molecule has 0 aliphatic heterocycles. The summed E-state index contributed by atoms with van der Waals surface area (Å²) in [7, 11) is 0. The number of hydrogen-bond donors (Lipinski definition) is 0. The van der Waals surface area contributed by atoms with Gasteiger partial charge in [0.1, 0.15) is 22.5 Å². The lowest BCUT2D eigenvalue weighted by Gasteiger charge is -2.09. The molecule has 19 heavy (non-hydrogen) atoms. The Bertz CT molecular complexity index is 691. The normalized spacial score (nSPS) is 10.8. The number of ether oxygens (including phenoxy) is 1. The Morgan fingerprint density at radius 2 is 1.79 bits per heavy atom. The lowest BCUT2D eigenvalue weighted by Crippen LogP contribution is -2.03. The second-order valence-electron chi connectivity index (χ2n) is 4.02. The summed E-state index contributed by atoms with van der Waals surface area (Å²) in [5.41, 5.74) is 2.42. The summed E-state index contributed by atoms with van der Waals surface area (Å²) in [6.07, 6.45) is 0. The molecule has 2 aromatic carbocycles. The fourth-order valence-corrected chi connectivity index (χ4v) is 2.06. The number of fused-ring (bicyclic) bond motifs is 1. The molecule has 96 valence electrons. The van der Waals surface area contributed by atoms with Crippen LogP contribution < -0.4 is 4.74 Å². The van der Waals surface area contributed by atoms with Gasteiger partial charge >= 0.3 is 0 Å². The van der Waals surface area contributed by atoms with E-state index in [1.807, 2.05) is 37.3 Å². The number of nitrogens with zero attached hydrogens (tertiary/aromatic N) is 3. The zero-order valence-electron chi connectivity index (χ0n) is 10.4. The molecule has 1 aromatic heterocycles. The summed E-state index contributed by atoms with van der Waals surface area (Å²) in [6.45, 7) is 2.51. The third kappa shape index (κ3) is 2.27. The average molecular weight is 274 g/mol. The van der Waals surface area contributed by atoms with Gasteiger partial charge < -0.3 is 4.74 Å². The van der Waals surface area contributed by atoms with Gasteiger partial charge in [0.2, 0.25) is 0 Å². The number of aromatic nitrogens is 3. The van der Waals surface area contributed by atoms with Gasteiger partial charge in [-0.1, -0.05) is 23.7 Å². The van der Waals surface area contributed by atoms with Crippen LogP contribution in [0.25, 0.3) is 16.7 Å². The van der Waals surface area contributed by atoms with E-state index >= 15 is 0 Å². The smallest absolute Gasteiger partial charge is 0.146 e. The maximum absolute atomic E-state index is 6.04. The van der Waals surface area contributed by atoms with Crippen molar-refractivity contribution in [2.75, 3.05) is 6.61 Å². The van der Waals surface area contributed by atoms with E-state index in [0.29, 0.717) is 17.4 Å². The molecular weight excluding hydrogens is 262 g/mol. The molecule has 0 amide bonds. The Morgan fingerprint density at radius 1 is 1.11 bits per heavy atom. The van der Waals surface area contributed by atoms with Crippen molar-refractivity contribution in [3.63, 3.8) is 0 Å². The number of benzene rings is 2. The minimum Gasteiger partial charge on any atom is -0.492 e. The van der Waals surface area contributed by atoms with E-state index < -0.39 is 0 Å². The summed E-state index contributed by atoms with van der Waals surface area (Å²) < 4.78 is 5.58. The van der Waals surface area contributed by atoms with Crippen molar-refractivity contribution in [1.82, 2.24) is 15.0 Å². The van der Waals surface area contributed by atoms with Crippen molar-refractivity contribution in [3.05, 3.63) is 47.5 Å². The predicted molar refractivity (Wildman–Crippen MR) is 75.0 cm³/mol. The van der Waals surface area contributed by atoms with Crippen molar-refractivity contribution in [3.8, 4) is 11.4 Å². The zero-order chi connectivity index (χ0) is 13.2. The standard InChI is InChI=1S/C14H12ClN3O/c1-2-19-14-8-7-10(15)9-13(14)18-16-11-5-3-4-6-12(11)17-18/h3-9H,2H2,1H3. The quantitative estimate of drug-likeness (QED) is 0.733. The first-order valence-electron chi connectivity index (χ1n) is 6.03. The van der Waals surface area contributed by atoms with E-state index in [0.717, 1.165) is 16.7 Å². The average Bonchev–Trinajstić information content (AvgIpc) is 2.84. The summed E-state index contributed by atoms with van der Waals surface area (Å²) in [4.78, 5) is 1.56. The monoisotopic (exact) mass is 273 g/mol. The van der Waals surface area contributed by atoms with Gasteiger partial charge in [-0.15, -0.1) is 15.0 Å². The van der Waals surface area contributed by atoms with Gasteiger partial charge in [-0.2, -0.15) is 0 Å². The van der Waals surface area contributed by atoms with Gasteiger partial charge in [-0.05, 0) is 37.3 Å². The topological polar surface area (TPSA) is 39.9 Å². The third-order valence-electron chi connectivity index (χ3n) is 2.72. The highest BCUT2D eigenvalue weighted by Gasteiger charge is 2.10. The van der Waals surface area contributed by atoms with E-state index in [4.69, 9.17) is 16.3 Å². The number of rotatable bonds is 3. The Balaban J connectivity index is 2.16. The lowest BCUT2D eigenvalue weighted by atomic mass is 10.3. The van der Waals surface area contributed by atoms with Crippen molar-refractivity contribution in [1.29, 1.82) is 0 Å². The van der Waals surface area contributed by atoms with Crippen LogP contribution >= 0.6 is 11.6 Å². The number of hydrogen-bond acceptors (Lipinski definition) is 3. The fraction of sp³-hybridized carbons (Fsp3) is 0.143. The maximum atomic E-state index is 6.04. The first-order chi connectivity index (χ1) is 9.28. The lowest BCUT2D eigenvalue weighted by molar-refractivity contribution is 0.337. The van der Waals surface area contributed by atoms with Gasteiger partial charge in [-0.25, -0.2) is 0 Å². The molecule has 0 saturated heterocycles. The summed E-state index contributed by atoms with van der Waals surface area (Å²) in [5, 5.41) is 9.49. The molecule has 5 heteroatoms. The van der Waals surface area contributed by atoms with Crippen LogP contribution in [0.3, 0.4) is 0 Å². The Morgan fingerprint density at radius 3 is 2.42 bits per heavy atom. The minimum absolute atomic E-state index is 0.579. The van der Waals surface area contributed by atoms with Crippen LogP contribution in [-0.2, 0) is 0 Å². The largest absolute Gasteiger partial charge is 0.492 e. The van der Waals surface area contributed by atoms with Gasteiger partial charge in [-0.3, -0.25) is 0 Å². The summed E-state index contributed by atoms with van der Waals surface area (Å²) in [6, 6.07) is 13.1.